The molecule has 150 valence electrons. The van der Waals surface area contributed by atoms with Crippen molar-refractivity contribution in [3.63, 3.8) is 0 Å². The summed E-state index contributed by atoms with van der Waals surface area (Å²) in [6.45, 7) is 3.26. The molecule has 0 heterocycles. The first-order chi connectivity index (χ1) is 13.0. The summed E-state index contributed by atoms with van der Waals surface area (Å²) >= 11 is 0. The van der Waals surface area contributed by atoms with Gasteiger partial charge in [0.2, 0.25) is 15.9 Å². The second-order valence-electron chi connectivity index (χ2n) is 6.74. The second-order valence-corrected chi connectivity index (χ2v) is 8.60. The minimum Gasteiger partial charge on any atom is -0.345 e. The van der Waals surface area contributed by atoms with Crippen LogP contribution in [-0.2, 0) is 14.8 Å². The summed E-state index contributed by atoms with van der Waals surface area (Å²) in [4.78, 5) is 26.6. The molecular formula is C20H25N3O4S. The molecule has 0 radical (unpaired) electrons. The normalized spacial score (nSPS) is 12.2. The van der Waals surface area contributed by atoms with Gasteiger partial charge >= 0.3 is 0 Å². The van der Waals surface area contributed by atoms with Gasteiger partial charge in [-0.15, -0.1) is 0 Å². The monoisotopic (exact) mass is 403 g/mol. The first-order valence-electron chi connectivity index (χ1n) is 8.70. The summed E-state index contributed by atoms with van der Waals surface area (Å²) in [5.74, 6) is -0.671. The van der Waals surface area contributed by atoms with Crippen LogP contribution < -0.4 is 9.62 Å². The van der Waals surface area contributed by atoms with E-state index in [2.05, 4.69) is 5.32 Å². The molecule has 2 amide bonds. The van der Waals surface area contributed by atoms with E-state index in [0.717, 1.165) is 10.6 Å². The average molecular weight is 404 g/mol. The third kappa shape index (κ3) is 4.69. The fourth-order valence-corrected chi connectivity index (χ4v) is 4.04. The van der Waals surface area contributed by atoms with Crippen molar-refractivity contribution in [2.75, 3.05) is 30.0 Å². The first-order valence-corrected chi connectivity index (χ1v) is 10.6. The fraction of sp³-hybridized carbons (Fsp3) is 0.300. The molecule has 0 aromatic heterocycles. The van der Waals surface area contributed by atoms with Gasteiger partial charge in [-0.2, -0.15) is 0 Å². The highest BCUT2D eigenvalue weighted by Crippen LogP contribution is 2.23. The molecule has 2 aromatic rings. The van der Waals surface area contributed by atoms with Gasteiger partial charge in [0.15, 0.2) is 0 Å². The number of nitrogens with one attached hydrogen (secondary N) is 1. The number of sulfonamides is 1. The van der Waals surface area contributed by atoms with E-state index in [1.165, 1.54) is 11.8 Å². The van der Waals surface area contributed by atoms with E-state index < -0.39 is 22.0 Å². The zero-order valence-corrected chi connectivity index (χ0v) is 17.4. The molecule has 0 aliphatic rings. The molecule has 0 spiro atoms. The standard InChI is InChI=1S/C20H25N3O4S/c1-14-17(20(25)22(3)4)12-9-13-18(14)21-19(24)15(2)23(28(5,26)27)16-10-7-6-8-11-16/h6-13,15H,1-5H3,(H,21,24). The summed E-state index contributed by atoms with van der Waals surface area (Å²) in [7, 11) is -0.382. The molecule has 0 saturated heterocycles. The Morgan fingerprint density at radius 2 is 1.61 bits per heavy atom. The predicted molar refractivity (Wildman–Crippen MR) is 111 cm³/mol. The van der Waals surface area contributed by atoms with Gasteiger partial charge in [0.05, 0.1) is 11.9 Å². The lowest BCUT2D eigenvalue weighted by molar-refractivity contribution is -0.116. The van der Waals surface area contributed by atoms with Crippen molar-refractivity contribution in [3.8, 4) is 0 Å². The van der Waals surface area contributed by atoms with Gasteiger partial charge in [-0.25, -0.2) is 8.42 Å². The molecule has 2 rings (SSSR count). The van der Waals surface area contributed by atoms with Crippen molar-refractivity contribution < 1.29 is 18.0 Å². The molecule has 0 bridgehead atoms. The van der Waals surface area contributed by atoms with Gasteiger partial charge in [0.25, 0.3) is 5.91 Å². The average Bonchev–Trinajstić information content (AvgIpc) is 2.62. The van der Waals surface area contributed by atoms with Crippen LogP contribution in [0.25, 0.3) is 0 Å². The second kappa shape index (κ2) is 8.43. The van der Waals surface area contributed by atoms with Gasteiger partial charge in [-0.3, -0.25) is 13.9 Å². The molecule has 0 aliphatic carbocycles. The maximum atomic E-state index is 12.8. The molecule has 2 aromatic carbocycles. The van der Waals surface area contributed by atoms with Crippen molar-refractivity contribution in [1.82, 2.24) is 4.90 Å². The van der Waals surface area contributed by atoms with Crippen molar-refractivity contribution >= 4 is 33.2 Å². The topological polar surface area (TPSA) is 86.8 Å². The third-order valence-corrected chi connectivity index (χ3v) is 5.57. The number of nitrogens with zero attached hydrogens (tertiary/aromatic N) is 2. The number of hydrogen-bond acceptors (Lipinski definition) is 4. The molecule has 1 unspecified atom stereocenters. The van der Waals surface area contributed by atoms with Crippen molar-refractivity contribution in [3.05, 3.63) is 59.7 Å². The van der Waals surface area contributed by atoms with Crippen LogP contribution >= 0.6 is 0 Å². The van der Waals surface area contributed by atoms with Crippen molar-refractivity contribution in [1.29, 1.82) is 0 Å². The highest BCUT2D eigenvalue weighted by molar-refractivity contribution is 7.92. The van der Waals surface area contributed by atoms with E-state index in [0.29, 0.717) is 22.5 Å². The predicted octanol–water partition coefficient (Wildman–Crippen LogP) is 2.49. The molecule has 0 fully saturated rings. The van der Waals surface area contributed by atoms with Gasteiger partial charge in [0, 0.05) is 25.3 Å². The minimum atomic E-state index is -3.69. The van der Waals surface area contributed by atoms with Gasteiger partial charge in [-0.05, 0) is 43.7 Å². The lowest BCUT2D eigenvalue weighted by atomic mass is 10.1. The van der Waals surface area contributed by atoms with Crippen LogP contribution in [0.4, 0.5) is 11.4 Å². The molecule has 1 atom stereocenters. The minimum absolute atomic E-state index is 0.177. The van der Waals surface area contributed by atoms with Crippen LogP contribution in [0.15, 0.2) is 48.5 Å². The number of benzene rings is 2. The zero-order valence-electron chi connectivity index (χ0n) is 16.6. The molecule has 7 nitrogen and oxygen atoms in total. The zero-order chi connectivity index (χ0) is 21.1. The summed E-state index contributed by atoms with van der Waals surface area (Å²) in [6, 6.07) is 12.5. The van der Waals surface area contributed by atoms with E-state index in [1.807, 2.05) is 0 Å². The summed E-state index contributed by atoms with van der Waals surface area (Å²) in [5.41, 5.74) is 1.96. The summed E-state index contributed by atoms with van der Waals surface area (Å²) in [6.07, 6.45) is 1.06. The Kier molecular flexibility index (Phi) is 6.45. The van der Waals surface area contributed by atoms with Gasteiger partial charge in [-0.1, -0.05) is 24.3 Å². The molecule has 0 aliphatic heterocycles. The maximum Gasteiger partial charge on any atom is 0.253 e. The Labute approximate surface area is 166 Å². The van der Waals surface area contributed by atoms with E-state index in [-0.39, 0.29) is 5.91 Å². The van der Waals surface area contributed by atoms with Crippen LogP contribution in [0.1, 0.15) is 22.8 Å². The van der Waals surface area contributed by atoms with E-state index >= 15 is 0 Å². The Bertz CT molecular complexity index is 972. The van der Waals surface area contributed by atoms with Crippen LogP contribution in [0.2, 0.25) is 0 Å². The highest BCUT2D eigenvalue weighted by Gasteiger charge is 2.29. The van der Waals surface area contributed by atoms with E-state index in [4.69, 9.17) is 0 Å². The van der Waals surface area contributed by atoms with Crippen LogP contribution in [-0.4, -0.2) is 51.5 Å². The molecule has 28 heavy (non-hydrogen) atoms. The van der Waals surface area contributed by atoms with Crippen molar-refractivity contribution in [2.24, 2.45) is 0 Å². The SMILES string of the molecule is Cc1c(NC(=O)C(C)N(c2ccccc2)S(C)(=O)=O)cccc1C(=O)N(C)C. The van der Waals surface area contributed by atoms with E-state index in [9.17, 15) is 18.0 Å². The Morgan fingerprint density at radius 1 is 1.00 bits per heavy atom. The quantitative estimate of drug-likeness (QED) is 0.803. The molecule has 8 heteroatoms. The largest absolute Gasteiger partial charge is 0.345 e. The highest BCUT2D eigenvalue weighted by atomic mass is 32.2. The number of para-hydroxylation sites is 1. The fourth-order valence-electron chi connectivity index (χ4n) is 2.86. The smallest absolute Gasteiger partial charge is 0.253 e. The Balaban J connectivity index is 2.34. The van der Waals surface area contributed by atoms with Crippen LogP contribution in [0.3, 0.4) is 0 Å². The summed E-state index contributed by atoms with van der Waals surface area (Å²) < 4.78 is 25.7. The molecule has 1 N–H and O–H groups in total. The molecular weight excluding hydrogens is 378 g/mol. The van der Waals surface area contributed by atoms with Crippen LogP contribution in [0.5, 0.6) is 0 Å². The third-order valence-electron chi connectivity index (χ3n) is 4.33. The number of carbonyl (C=O) groups is 2. The van der Waals surface area contributed by atoms with Gasteiger partial charge < -0.3 is 10.2 Å². The Morgan fingerprint density at radius 3 is 2.14 bits per heavy atom. The number of amides is 2. The maximum absolute atomic E-state index is 12.8. The lowest BCUT2D eigenvalue weighted by Crippen LogP contribution is -2.45. The Hall–Kier alpha value is -2.87. The number of anilines is 2. The summed E-state index contributed by atoms with van der Waals surface area (Å²) in [5, 5.41) is 2.75. The number of hydrogen-bond donors (Lipinski definition) is 1. The number of carbonyl (C=O) groups excluding carboxylic acids is 2. The molecule has 0 saturated carbocycles. The number of rotatable bonds is 6. The van der Waals surface area contributed by atoms with Crippen molar-refractivity contribution in [2.45, 2.75) is 19.9 Å². The van der Waals surface area contributed by atoms with Crippen LogP contribution in [0, 0.1) is 6.92 Å². The van der Waals surface area contributed by atoms with E-state index in [1.54, 1.807) is 69.6 Å². The lowest BCUT2D eigenvalue weighted by Gasteiger charge is -2.28. The van der Waals surface area contributed by atoms with Gasteiger partial charge in [0.1, 0.15) is 6.04 Å². The first kappa shape index (κ1) is 21.4.